The van der Waals surface area contributed by atoms with Gasteiger partial charge in [0.1, 0.15) is 5.03 Å². The molecule has 70 valence electrons. The van der Waals surface area contributed by atoms with E-state index in [2.05, 4.69) is 4.98 Å². The number of carbonyl (C=O) groups excluding carboxylic acids is 1. The molecule has 0 aromatic carbocycles. The molecule has 0 N–H and O–H groups in total. The highest BCUT2D eigenvalue weighted by Gasteiger charge is 2.16. The van der Waals surface area contributed by atoms with Crippen LogP contribution in [0.2, 0.25) is 5.02 Å². The van der Waals surface area contributed by atoms with E-state index in [9.17, 15) is 9.18 Å². The molecule has 6 heteroatoms. The summed E-state index contributed by atoms with van der Waals surface area (Å²) < 4.78 is 13.2. The molecule has 0 amide bonds. The van der Waals surface area contributed by atoms with E-state index in [1.165, 1.54) is 0 Å². The van der Waals surface area contributed by atoms with Crippen LogP contribution in [0.5, 0.6) is 0 Å². The van der Waals surface area contributed by atoms with Gasteiger partial charge in [-0.15, -0.1) is 11.8 Å². The number of halogens is 3. The number of thioether (sulfide) groups is 1. The van der Waals surface area contributed by atoms with Crippen LogP contribution >= 0.6 is 35.0 Å². The summed E-state index contributed by atoms with van der Waals surface area (Å²) in [6, 6.07) is 0. The van der Waals surface area contributed by atoms with E-state index in [1.54, 1.807) is 6.26 Å². The Kier molecular flexibility index (Phi) is 3.53. The number of pyridine rings is 1. The molecule has 0 bridgehead atoms. The zero-order valence-corrected chi connectivity index (χ0v) is 8.80. The van der Waals surface area contributed by atoms with Gasteiger partial charge in [-0.25, -0.2) is 9.37 Å². The van der Waals surface area contributed by atoms with E-state index < -0.39 is 11.1 Å². The maximum Gasteiger partial charge on any atom is 0.255 e. The fourth-order valence-corrected chi connectivity index (χ4v) is 1.64. The number of aromatic nitrogens is 1. The number of nitrogens with zero attached hydrogens (tertiary/aromatic N) is 1. The molecule has 0 radical (unpaired) electrons. The second kappa shape index (κ2) is 4.26. The molecule has 13 heavy (non-hydrogen) atoms. The second-order valence-electron chi connectivity index (χ2n) is 2.08. The van der Waals surface area contributed by atoms with Crippen molar-refractivity contribution in [3.8, 4) is 0 Å². The number of carbonyl (C=O) groups is 1. The van der Waals surface area contributed by atoms with Gasteiger partial charge < -0.3 is 0 Å². The fraction of sp³-hybridized carbons (Fsp3) is 0.143. The molecule has 1 aromatic heterocycles. The molecule has 0 aliphatic rings. The Bertz CT molecular complexity index is 359. The van der Waals surface area contributed by atoms with Gasteiger partial charge in [-0.1, -0.05) is 11.6 Å². The maximum atomic E-state index is 13.2. The van der Waals surface area contributed by atoms with Crippen molar-refractivity contribution in [1.29, 1.82) is 0 Å². The van der Waals surface area contributed by atoms with Gasteiger partial charge in [0.2, 0.25) is 0 Å². The minimum Gasteiger partial charge on any atom is -0.275 e. The summed E-state index contributed by atoms with van der Waals surface area (Å²) in [6.07, 6.45) is 2.82. The highest BCUT2D eigenvalue weighted by atomic mass is 35.5. The molecule has 0 aliphatic carbocycles. The molecule has 0 aliphatic heterocycles. The minimum absolute atomic E-state index is 0.112. The van der Waals surface area contributed by atoms with Gasteiger partial charge in [0.05, 0.1) is 10.6 Å². The van der Waals surface area contributed by atoms with Gasteiger partial charge >= 0.3 is 0 Å². The maximum absolute atomic E-state index is 13.2. The quantitative estimate of drug-likeness (QED) is 0.588. The van der Waals surface area contributed by atoms with E-state index >= 15 is 0 Å². The van der Waals surface area contributed by atoms with Crippen LogP contribution < -0.4 is 0 Å². The topological polar surface area (TPSA) is 30.0 Å². The van der Waals surface area contributed by atoms with Crippen molar-refractivity contribution in [2.24, 2.45) is 0 Å². The van der Waals surface area contributed by atoms with Crippen molar-refractivity contribution >= 4 is 40.2 Å². The lowest BCUT2D eigenvalue weighted by Crippen LogP contribution is -1.97. The standard InChI is InChI=1S/C7H4Cl2FNOS/c1-13-7-5(10)4(8)3(2-11-7)6(9)12/h2H,1H3. The summed E-state index contributed by atoms with van der Waals surface area (Å²) in [6.45, 7) is 0. The summed E-state index contributed by atoms with van der Waals surface area (Å²) in [7, 11) is 0. The molecule has 1 aromatic rings. The molecule has 0 saturated carbocycles. The van der Waals surface area contributed by atoms with Gasteiger partial charge in [-0.3, -0.25) is 4.79 Å². The Morgan fingerprint density at radius 1 is 1.69 bits per heavy atom. The fourth-order valence-electron chi connectivity index (χ4n) is 0.728. The summed E-state index contributed by atoms with van der Waals surface area (Å²) in [4.78, 5) is 14.4. The van der Waals surface area contributed by atoms with Crippen LogP contribution in [0.3, 0.4) is 0 Å². The highest BCUT2D eigenvalue weighted by Crippen LogP contribution is 2.26. The largest absolute Gasteiger partial charge is 0.275 e. The van der Waals surface area contributed by atoms with Crippen LogP contribution in [0.4, 0.5) is 4.39 Å². The predicted molar refractivity (Wildman–Crippen MR) is 51.2 cm³/mol. The predicted octanol–water partition coefficient (Wildman–Crippen LogP) is 2.98. The highest BCUT2D eigenvalue weighted by molar-refractivity contribution is 7.98. The lowest BCUT2D eigenvalue weighted by molar-refractivity contribution is 0.108. The normalized spacial score (nSPS) is 10.2. The zero-order valence-electron chi connectivity index (χ0n) is 6.47. The molecular weight excluding hydrogens is 236 g/mol. The van der Waals surface area contributed by atoms with Crippen LogP contribution in [0.15, 0.2) is 11.2 Å². The molecule has 1 rings (SSSR count). The van der Waals surface area contributed by atoms with Crippen LogP contribution in [-0.4, -0.2) is 16.5 Å². The molecular formula is C7H4Cl2FNOS. The Morgan fingerprint density at radius 3 is 2.77 bits per heavy atom. The van der Waals surface area contributed by atoms with Gasteiger partial charge in [-0.2, -0.15) is 0 Å². The van der Waals surface area contributed by atoms with Crippen LogP contribution in [-0.2, 0) is 0 Å². The van der Waals surface area contributed by atoms with E-state index in [4.69, 9.17) is 23.2 Å². The lowest BCUT2D eigenvalue weighted by Gasteiger charge is -2.02. The minimum atomic E-state index is -0.816. The first-order valence-electron chi connectivity index (χ1n) is 3.15. The summed E-state index contributed by atoms with van der Waals surface area (Å²) >= 11 is 11.8. The van der Waals surface area contributed by atoms with Gasteiger partial charge in [-0.05, 0) is 17.9 Å². The van der Waals surface area contributed by atoms with Gasteiger partial charge in [0.25, 0.3) is 5.24 Å². The molecule has 0 unspecified atom stereocenters. The van der Waals surface area contributed by atoms with E-state index in [0.29, 0.717) is 0 Å². The number of hydrogen-bond donors (Lipinski definition) is 0. The van der Waals surface area contributed by atoms with Gasteiger partial charge in [0.15, 0.2) is 5.82 Å². The van der Waals surface area contributed by atoms with Crippen molar-refractivity contribution in [3.63, 3.8) is 0 Å². The smallest absolute Gasteiger partial charge is 0.255 e. The average molecular weight is 240 g/mol. The first kappa shape index (κ1) is 10.8. The Morgan fingerprint density at radius 2 is 2.31 bits per heavy atom. The van der Waals surface area contributed by atoms with Crippen molar-refractivity contribution in [2.75, 3.05) is 6.26 Å². The van der Waals surface area contributed by atoms with E-state index in [0.717, 1.165) is 18.0 Å². The van der Waals surface area contributed by atoms with Crippen LogP contribution in [0.25, 0.3) is 0 Å². The molecule has 1 heterocycles. The molecule has 0 spiro atoms. The summed E-state index contributed by atoms with van der Waals surface area (Å²) in [5, 5.41) is -0.949. The third kappa shape index (κ3) is 2.13. The first-order chi connectivity index (χ1) is 6.07. The van der Waals surface area contributed by atoms with Crippen molar-refractivity contribution in [2.45, 2.75) is 5.03 Å². The Hall–Kier alpha value is -0.320. The first-order valence-corrected chi connectivity index (χ1v) is 5.13. The van der Waals surface area contributed by atoms with Crippen molar-refractivity contribution in [3.05, 3.63) is 22.6 Å². The summed E-state index contributed by atoms with van der Waals surface area (Å²) in [5.74, 6) is -0.708. The molecule has 2 nitrogen and oxygen atoms in total. The Labute approximate surface area is 88.4 Å². The third-order valence-electron chi connectivity index (χ3n) is 1.33. The molecule has 0 atom stereocenters. The van der Waals surface area contributed by atoms with Gasteiger partial charge in [0, 0.05) is 6.20 Å². The molecule has 0 saturated heterocycles. The lowest BCUT2D eigenvalue weighted by atomic mass is 10.3. The molecule has 0 fully saturated rings. The average Bonchev–Trinajstić information content (AvgIpc) is 2.09. The zero-order chi connectivity index (χ0) is 10.0. The van der Waals surface area contributed by atoms with E-state index in [1.807, 2.05) is 0 Å². The Balaban J connectivity index is 3.31. The van der Waals surface area contributed by atoms with Crippen LogP contribution in [0.1, 0.15) is 10.4 Å². The monoisotopic (exact) mass is 239 g/mol. The van der Waals surface area contributed by atoms with Crippen molar-refractivity contribution in [1.82, 2.24) is 4.98 Å². The van der Waals surface area contributed by atoms with E-state index in [-0.39, 0.29) is 15.6 Å². The number of rotatable bonds is 2. The summed E-state index contributed by atoms with van der Waals surface area (Å²) in [5.41, 5.74) is -0.112. The number of hydrogen-bond acceptors (Lipinski definition) is 3. The van der Waals surface area contributed by atoms with Crippen molar-refractivity contribution < 1.29 is 9.18 Å². The second-order valence-corrected chi connectivity index (χ2v) is 3.60. The van der Waals surface area contributed by atoms with Crippen LogP contribution in [0, 0.1) is 5.82 Å². The SMILES string of the molecule is CSc1ncc(C(=O)Cl)c(Cl)c1F. The third-order valence-corrected chi connectivity index (χ3v) is 2.58.